The van der Waals surface area contributed by atoms with Gasteiger partial charge in [0.1, 0.15) is 0 Å². The van der Waals surface area contributed by atoms with Gasteiger partial charge in [0.05, 0.1) is 0 Å². The molecule has 10 fully saturated rings. The Morgan fingerprint density at radius 1 is 0.692 bits per heavy atom. The predicted octanol–water partition coefficient (Wildman–Crippen LogP) is 3.67. The number of halogens is 2. The molecule has 0 aromatic heterocycles. The SMILES string of the molecule is Cl[C]12[CH]3[CH]4[CH]5[CH]1[Fe]45321678[CH]2[CH]1[CH]6[C]7(Cl)[CH]28. The van der Waals surface area contributed by atoms with E-state index in [4.69, 9.17) is 23.2 Å². The molecule has 0 N–H and O–H groups in total. The van der Waals surface area contributed by atoms with Crippen LogP contribution in [0.3, 0.4) is 0 Å². The van der Waals surface area contributed by atoms with Gasteiger partial charge in [-0.25, -0.2) is 0 Å². The van der Waals surface area contributed by atoms with Crippen molar-refractivity contribution in [1.82, 2.24) is 0 Å². The summed E-state index contributed by atoms with van der Waals surface area (Å²) >= 11 is 14.2. The minimum absolute atomic E-state index is 0.496. The van der Waals surface area contributed by atoms with Gasteiger partial charge in [-0.05, 0) is 0 Å². The molecule has 1 spiro atoms. The maximum atomic E-state index is 7.09. The third-order valence-corrected chi connectivity index (χ3v) is 63.2. The summed E-state index contributed by atoms with van der Waals surface area (Å²) in [5.74, 6) is 0. The summed E-state index contributed by atoms with van der Waals surface area (Å²) in [5.41, 5.74) is 0. The first-order valence-corrected chi connectivity index (χ1v) is 12.5. The molecule has 0 saturated carbocycles. The van der Waals surface area contributed by atoms with E-state index in [1.807, 2.05) is 0 Å². The fourth-order valence-corrected chi connectivity index (χ4v) is 99.8. The molecule has 0 aliphatic carbocycles. The molecule has 10 heterocycles. The molecule has 10 saturated heterocycles. The zero-order valence-corrected chi connectivity index (χ0v) is 9.34. The zero-order valence-electron chi connectivity index (χ0n) is 6.73. The van der Waals surface area contributed by atoms with Crippen molar-refractivity contribution < 1.29 is 6.51 Å². The Labute approximate surface area is 75.6 Å². The summed E-state index contributed by atoms with van der Waals surface area (Å²) in [6.45, 7) is -3.09. The number of fused-ring (bicyclic) bond motifs is 10. The van der Waals surface area contributed by atoms with Gasteiger partial charge in [0, 0.05) is 0 Å². The van der Waals surface area contributed by atoms with Gasteiger partial charge in [0.15, 0.2) is 0 Å². The van der Waals surface area contributed by atoms with E-state index < -0.39 is 6.51 Å². The standard InChI is InChI=1S/2C5H4Cl.Fe/c2*6-5-3-1-2-4-5;/h2*1-4H;. The van der Waals surface area contributed by atoms with Crippen molar-refractivity contribution in [2.75, 3.05) is 0 Å². The number of hydrogen-bond acceptors (Lipinski definition) is 0. The van der Waals surface area contributed by atoms with Crippen LogP contribution < -0.4 is 0 Å². The Morgan fingerprint density at radius 3 is 1.00 bits per heavy atom. The van der Waals surface area contributed by atoms with E-state index in [9.17, 15) is 0 Å². The van der Waals surface area contributed by atoms with Crippen LogP contribution in [0.1, 0.15) is 0 Å². The molecule has 0 bridgehead atoms. The third kappa shape index (κ3) is 0.0313. The van der Waals surface area contributed by atoms with E-state index in [0.717, 1.165) is 19.3 Å². The fraction of sp³-hybridized carbons (Fsp3) is 1.00. The van der Waals surface area contributed by atoms with Crippen LogP contribution in [-0.4, -0.2) is 7.55 Å². The predicted molar refractivity (Wildman–Crippen MR) is 47.2 cm³/mol. The van der Waals surface area contributed by atoms with E-state index in [1.54, 1.807) is 0 Å². The maximum absolute atomic E-state index is 7.09. The summed E-state index contributed by atoms with van der Waals surface area (Å²) in [6, 6.07) is 0. The van der Waals surface area contributed by atoms with Crippen LogP contribution in [0, 0.1) is 0 Å². The molecular formula is C10H8Cl2Fe. The van der Waals surface area contributed by atoms with Gasteiger partial charge in [0.25, 0.3) is 0 Å². The molecule has 13 heavy (non-hydrogen) atoms. The van der Waals surface area contributed by atoms with Gasteiger partial charge in [-0.15, -0.1) is 0 Å². The van der Waals surface area contributed by atoms with E-state index in [2.05, 4.69) is 0 Å². The molecule has 0 aromatic rings. The Balaban J connectivity index is 2.19. The second-order valence-electron chi connectivity index (χ2n) is 9.59. The Morgan fingerprint density at radius 2 is 1.00 bits per heavy atom. The first-order chi connectivity index (χ1) is 5.93. The minimum atomic E-state index is -3.09. The molecule has 8 atom stereocenters. The second-order valence-corrected chi connectivity index (χ2v) is 34.6. The Kier molecular flexibility index (Phi) is 0.0992. The molecule has 70 valence electrons. The molecule has 3 heteroatoms. The van der Waals surface area contributed by atoms with Crippen molar-refractivity contribution in [2.45, 2.75) is 46.1 Å². The fourth-order valence-electron chi connectivity index (χ4n) is 15.9. The van der Waals surface area contributed by atoms with E-state index in [0.29, 0.717) is 7.55 Å². The first-order valence-electron chi connectivity index (χ1n) is 5.52. The molecule has 8 unspecified atom stereocenters. The van der Waals surface area contributed by atoms with Crippen molar-refractivity contribution in [3.05, 3.63) is 0 Å². The van der Waals surface area contributed by atoms with Crippen molar-refractivity contribution in [1.29, 1.82) is 0 Å². The Bertz CT molecular complexity index is 829. The van der Waals surface area contributed by atoms with Crippen LogP contribution in [0.25, 0.3) is 0 Å². The van der Waals surface area contributed by atoms with Crippen molar-refractivity contribution in [2.24, 2.45) is 0 Å². The van der Waals surface area contributed by atoms with Gasteiger partial charge >= 0.3 is 75.8 Å². The van der Waals surface area contributed by atoms with Gasteiger partial charge in [0.2, 0.25) is 0 Å². The molecular weight excluding hydrogens is 247 g/mol. The van der Waals surface area contributed by atoms with Crippen LogP contribution >= 0.6 is 23.2 Å². The number of alkyl halides is 2. The number of hydrogen-bond donors (Lipinski definition) is 0. The van der Waals surface area contributed by atoms with Gasteiger partial charge < -0.3 is 0 Å². The average Bonchev–Trinajstić information content (AvgIpc) is 3.01. The van der Waals surface area contributed by atoms with Crippen LogP contribution in [0.15, 0.2) is 0 Å². The summed E-state index contributed by atoms with van der Waals surface area (Å²) in [4.78, 5) is 9.61. The molecule has 10 aliphatic rings. The molecule has 10 rings (SSSR count). The Hall–Kier alpha value is 1.10. The first kappa shape index (κ1) is 4.53. The number of rotatable bonds is 0. The van der Waals surface area contributed by atoms with E-state index >= 15 is 0 Å². The molecule has 0 amide bonds. The summed E-state index contributed by atoms with van der Waals surface area (Å²) in [5, 5.41) is 0. The van der Waals surface area contributed by atoms with Crippen molar-refractivity contribution in [3.8, 4) is 0 Å². The molecule has 0 nitrogen and oxygen atoms in total. The summed E-state index contributed by atoms with van der Waals surface area (Å²) in [7, 11) is 0. The quantitative estimate of drug-likeness (QED) is 0.457. The second kappa shape index (κ2) is 0.285. The van der Waals surface area contributed by atoms with Crippen molar-refractivity contribution in [3.63, 3.8) is 0 Å². The van der Waals surface area contributed by atoms with Crippen LogP contribution in [0.5, 0.6) is 0 Å². The van der Waals surface area contributed by atoms with Crippen LogP contribution in [-0.2, 0) is 6.51 Å². The van der Waals surface area contributed by atoms with Crippen LogP contribution in [0.2, 0.25) is 38.5 Å². The van der Waals surface area contributed by atoms with Crippen molar-refractivity contribution >= 4 is 23.2 Å². The summed E-state index contributed by atoms with van der Waals surface area (Å²) in [6.07, 6.45) is 0. The van der Waals surface area contributed by atoms with Crippen LogP contribution in [0.4, 0.5) is 0 Å². The van der Waals surface area contributed by atoms with Gasteiger partial charge in [-0.1, -0.05) is 0 Å². The van der Waals surface area contributed by atoms with Gasteiger partial charge in [-0.2, -0.15) is 0 Å². The zero-order chi connectivity index (χ0) is 7.94. The van der Waals surface area contributed by atoms with E-state index in [1.165, 1.54) is 19.3 Å². The van der Waals surface area contributed by atoms with E-state index in [-0.39, 0.29) is 0 Å². The monoisotopic (exact) mass is 254 g/mol. The molecule has 10 aliphatic heterocycles. The topological polar surface area (TPSA) is 0 Å². The third-order valence-electron chi connectivity index (χ3n) is 14.5. The molecule has 0 radical (unpaired) electrons. The summed E-state index contributed by atoms with van der Waals surface area (Å²) < 4.78 is 0.992. The van der Waals surface area contributed by atoms with Gasteiger partial charge in [-0.3, -0.25) is 0 Å². The average molecular weight is 255 g/mol. The normalized spacial score (nSPS) is 158. The molecule has 0 aromatic carbocycles.